The summed E-state index contributed by atoms with van der Waals surface area (Å²) in [7, 11) is 0. The maximum Gasteiger partial charge on any atom is 0.254 e. The van der Waals surface area contributed by atoms with Crippen LogP contribution in [0.4, 0.5) is 5.69 Å². The number of rotatable bonds is 5. The summed E-state index contributed by atoms with van der Waals surface area (Å²) in [6.45, 7) is 0.266. The van der Waals surface area contributed by atoms with Crippen molar-refractivity contribution in [3.8, 4) is 0 Å². The number of hydrogen-bond acceptors (Lipinski definition) is 4. The zero-order valence-electron chi connectivity index (χ0n) is 15.0. The van der Waals surface area contributed by atoms with Crippen molar-refractivity contribution >= 4 is 34.4 Å². The molecule has 0 saturated heterocycles. The van der Waals surface area contributed by atoms with Crippen molar-refractivity contribution in [2.75, 3.05) is 5.32 Å². The molecule has 142 valence electrons. The van der Waals surface area contributed by atoms with Gasteiger partial charge in [0.1, 0.15) is 11.9 Å². The number of H-pyrrole nitrogens is 1. The first-order chi connectivity index (χ1) is 13.6. The molecule has 2 heterocycles. The second-order valence-electron chi connectivity index (χ2n) is 6.58. The first-order valence-electron chi connectivity index (χ1n) is 9.01. The minimum absolute atomic E-state index is 0.106. The Morgan fingerprint density at radius 3 is 2.71 bits per heavy atom. The van der Waals surface area contributed by atoms with Crippen LogP contribution in [0.15, 0.2) is 48.5 Å². The minimum atomic E-state index is -0.767. The summed E-state index contributed by atoms with van der Waals surface area (Å²) in [6, 6.07) is 13.7. The van der Waals surface area contributed by atoms with Crippen molar-refractivity contribution in [2.24, 2.45) is 0 Å². The normalized spacial score (nSPS) is 16.1. The van der Waals surface area contributed by atoms with Gasteiger partial charge in [0.05, 0.1) is 28.8 Å². The SMILES string of the molecule is O=C(CC[C@H]1NC(=O)c2ccccc2NC1=O)NCc1nc2ccccc2[nH]1. The number of carbonyl (C=O) groups is 3. The number of fused-ring (bicyclic) bond motifs is 2. The van der Waals surface area contributed by atoms with Crippen molar-refractivity contribution in [2.45, 2.75) is 25.4 Å². The van der Waals surface area contributed by atoms with E-state index in [1.54, 1.807) is 24.3 Å². The standard InChI is InChI=1S/C20H19N5O3/c26-18(21-11-17-22-14-7-3-4-8-15(14)23-17)10-9-16-20(28)24-13-6-2-1-5-12(13)19(27)25-16/h1-8,16H,9-11H2,(H,21,26)(H,22,23)(H,24,28)(H,25,27)/t16-/m1/s1. The third-order valence-electron chi connectivity index (χ3n) is 4.60. The number of para-hydroxylation sites is 3. The van der Waals surface area contributed by atoms with E-state index in [0.717, 1.165) is 11.0 Å². The first-order valence-corrected chi connectivity index (χ1v) is 9.01. The molecule has 4 N–H and O–H groups in total. The highest BCUT2D eigenvalue weighted by Gasteiger charge is 2.27. The summed E-state index contributed by atoms with van der Waals surface area (Å²) in [6.07, 6.45) is 0.312. The largest absolute Gasteiger partial charge is 0.349 e. The summed E-state index contributed by atoms with van der Waals surface area (Å²) < 4.78 is 0. The molecule has 0 aliphatic carbocycles. The van der Waals surface area contributed by atoms with Crippen LogP contribution >= 0.6 is 0 Å². The molecule has 1 aliphatic heterocycles. The first kappa shape index (κ1) is 17.7. The van der Waals surface area contributed by atoms with Crippen LogP contribution in [-0.4, -0.2) is 33.7 Å². The third kappa shape index (κ3) is 3.71. The number of anilines is 1. The lowest BCUT2D eigenvalue weighted by molar-refractivity contribution is -0.122. The zero-order chi connectivity index (χ0) is 19.5. The van der Waals surface area contributed by atoms with E-state index in [1.807, 2.05) is 24.3 Å². The van der Waals surface area contributed by atoms with Crippen LogP contribution in [0.1, 0.15) is 29.0 Å². The van der Waals surface area contributed by atoms with Gasteiger partial charge in [0.15, 0.2) is 0 Å². The number of nitrogens with one attached hydrogen (secondary N) is 4. The van der Waals surface area contributed by atoms with Gasteiger partial charge in [0.2, 0.25) is 11.8 Å². The van der Waals surface area contributed by atoms with Crippen LogP contribution in [0.5, 0.6) is 0 Å². The van der Waals surface area contributed by atoms with Gasteiger partial charge in [-0.05, 0) is 30.7 Å². The molecular formula is C20H19N5O3. The number of nitrogens with zero attached hydrogens (tertiary/aromatic N) is 1. The van der Waals surface area contributed by atoms with Crippen LogP contribution in [0.25, 0.3) is 11.0 Å². The predicted octanol–water partition coefficient (Wildman–Crippen LogP) is 1.71. The summed E-state index contributed by atoms with van der Waals surface area (Å²) in [4.78, 5) is 44.3. The smallest absolute Gasteiger partial charge is 0.254 e. The average Bonchev–Trinajstić information content (AvgIpc) is 3.07. The molecule has 0 bridgehead atoms. The molecule has 1 aromatic heterocycles. The number of benzene rings is 2. The van der Waals surface area contributed by atoms with Crippen LogP contribution < -0.4 is 16.0 Å². The van der Waals surface area contributed by atoms with E-state index in [1.165, 1.54) is 0 Å². The maximum atomic E-state index is 12.3. The Kier molecular flexibility index (Phi) is 4.76. The number of imidazole rings is 1. The molecule has 4 rings (SSSR count). The van der Waals surface area contributed by atoms with E-state index in [2.05, 4.69) is 25.9 Å². The number of amides is 3. The van der Waals surface area contributed by atoms with Gasteiger partial charge in [-0.25, -0.2) is 4.98 Å². The molecule has 3 amide bonds. The molecule has 1 aliphatic rings. The highest BCUT2D eigenvalue weighted by molar-refractivity contribution is 6.09. The van der Waals surface area contributed by atoms with Gasteiger partial charge < -0.3 is 20.9 Å². The molecule has 8 nitrogen and oxygen atoms in total. The predicted molar refractivity (Wildman–Crippen MR) is 104 cm³/mol. The Morgan fingerprint density at radius 2 is 1.86 bits per heavy atom. The Morgan fingerprint density at radius 1 is 1.07 bits per heavy atom. The molecule has 0 saturated carbocycles. The van der Waals surface area contributed by atoms with Crippen molar-refractivity contribution in [1.82, 2.24) is 20.6 Å². The second kappa shape index (κ2) is 7.51. The summed E-state index contributed by atoms with van der Waals surface area (Å²) in [5.74, 6) is -0.222. The zero-order valence-corrected chi connectivity index (χ0v) is 15.0. The quantitative estimate of drug-likeness (QED) is 0.542. The molecule has 28 heavy (non-hydrogen) atoms. The van der Waals surface area contributed by atoms with Crippen molar-refractivity contribution in [3.05, 3.63) is 59.9 Å². The molecule has 0 fully saturated rings. The molecular weight excluding hydrogens is 358 g/mol. The second-order valence-corrected chi connectivity index (χ2v) is 6.58. The molecule has 0 radical (unpaired) electrons. The average molecular weight is 377 g/mol. The van der Waals surface area contributed by atoms with Gasteiger partial charge in [-0.2, -0.15) is 0 Å². The van der Waals surface area contributed by atoms with E-state index in [4.69, 9.17) is 0 Å². The fraction of sp³-hybridized carbons (Fsp3) is 0.200. The lowest BCUT2D eigenvalue weighted by Crippen LogP contribution is -2.42. The van der Waals surface area contributed by atoms with Crippen LogP contribution in [0, 0.1) is 0 Å². The Hall–Kier alpha value is -3.68. The van der Waals surface area contributed by atoms with E-state index >= 15 is 0 Å². The topological polar surface area (TPSA) is 116 Å². The van der Waals surface area contributed by atoms with Gasteiger partial charge in [-0.3, -0.25) is 14.4 Å². The van der Waals surface area contributed by atoms with Gasteiger partial charge in [-0.15, -0.1) is 0 Å². The van der Waals surface area contributed by atoms with Gasteiger partial charge in [0.25, 0.3) is 5.91 Å². The van der Waals surface area contributed by atoms with Crippen molar-refractivity contribution < 1.29 is 14.4 Å². The molecule has 1 atom stereocenters. The fourth-order valence-electron chi connectivity index (χ4n) is 3.15. The Labute approximate surface area is 160 Å². The molecule has 0 spiro atoms. The number of carbonyl (C=O) groups excluding carboxylic acids is 3. The molecule has 3 aromatic rings. The van der Waals surface area contributed by atoms with E-state index in [-0.39, 0.29) is 37.1 Å². The summed E-state index contributed by atoms with van der Waals surface area (Å²) >= 11 is 0. The molecule has 0 unspecified atom stereocenters. The number of aromatic nitrogens is 2. The Balaban J connectivity index is 1.32. The van der Waals surface area contributed by atoms with E-state index in [9.17, 15) is 14.4 Å². The van der Waals surface area contributed by atoms with E-state index in [0.29, 0.717) is 17.1 Å². The van der Waals surface area contributed by atoms with E-state index < -0.39 is 6.04 Å². The third-order valence-corrected chi connectivity index (χ3v) is 4.60. The van der Waals surface area contributed by atoms with Gasteiger partial charge in [-0.1, -0.05) is 24.3 Å². The number of aromatic amines is 1. The number of hydrogen-bond donors (Lipinski definition) is 4. The van der Waals surface area contributed by atoms with Crippen LogP contribution in [-0.2, 0) is 16.1 Å². The minimum Gasteiger partial charge on any atom is -0.349 e. The lowest BCUT2D eigenvalue weighted by atomic mass is 10.1. The lowest BCUT2D eigenvalue weighted by Gasteiger charge is -2.14. The highest BCUT2D eigenvalue weighted by atomic mass is 16.2. The maximum absolute atomic E-state index is 12.3. The van der Waals surface area contributed by atoms with Crippen molar-refractivity contribution in [3.63, 3.8) is 0 Å². The van der Waals surface area contributed by atoms with Gasteiger partial charge >= 0.3 is 0 Å². The summed E-state index contributed by atoms with van der Waals surface area (Å²) in [5, 5.41) is 8.19. The van der Waals surface area contributed by atoms with Gasteiger partial charge in [0, 0.05) is 6.42 Å². The highest BCUT2D eigenvalue weighted by Crippen LogP contribution is 2.19. The fourth-order valence-corrected chi connectivity index (χ4v) is 3.15. The van der Waals surface area contributed by atoms with Crippen LogP contribution in [0.2, 0.25) is 0 Å². The van der Waals surface area contributed by atoms with Crippen molar-refractivity contribution in [1.29, 1.82) is 0 Å². The molecule has 2 aromatic carbocycles. The Bertz CT molecular complexity index is 1030. The summed E-state index contributed by atoms with van der Waals surface area (Å²) in [5.41, 5.74) is 2.63. The monoisotopic (exact) mass is 377 g/mol. The molecule has 8 heteroatoms. The van der Waals surface area contributed by atoms with Crippen LogP contribution in [0.3, 0.4) is 0 Å².